The Labute approximate surface area is 62.1 Å². The van der Waals surface area contributed by atoms with Crippen LogP contribution in [0.25, 0.3) is 0 Å². The monoisotopic (exact) mass is 155 g/mol. The summed E-state index contributed by atoms with van der Waals surface area (Å²) in [6.45, 7) is 0. The molecule has 0 bridgehead atoms. The second-order valence-corrected chi connectivity index (χ2v) is 2.00. The third-order valence-corrected chi connectivity index (χ3v) is 1.21. The van der Waals surface area contributed by atoms with E-state index < -0.39 is 18.6 Å². The molecule has 6 heteroatoms. The summed E-state index contributed by atoms with van der Waals surface area (Å²) < 4.78 is 0. The predicted molar refractivity (Wildman–Crippen MR) is 38.6 cm³/mol. The molecule has 0 aromatic carbocycles. The van der Waals surface area contributed by atoms with Crippen LogP contribution in [0, 0.1) is 0 Å². The highest BCUT2D eigenvalue weighted by atomic mass is 16.4. The first-order valence-electron chi connectivity index (χ1n) is 2.89. The molecule has 0 unspecified atom stereocenters. The van der Waals surface area contributed by atoms with Crippen molar-refractivity contribution in [3.63, 3.8) is 0 Å². The van der Waals surface area contributed by atoms with E-state index in [0.717, 1.165) is 12.1 Å². The molecule has 0 atom stereocenters. The Balaban J connectivity index is 3.20. The maximum Gasteiger partial charge on any atom is 0.493 e. The van der Waals surface area contributed by atoms with Gasteiger partial charge >= 0.3 is 7.12 Å². The van der Waals surface area contributed by atoms with Gasteiger partial charge in [0.1, 0.15) is 0 Å². The highest BCUT2D eigenvalue weighted by Crippen LogP contribution is 1.93. The maximum absolute atomic E-state index is 10.5. The summed E-state index contributed by atoms with van der Waals surface area (Å²) in [5, 5.41) is 26.0. The van der Waals surface area contributed by atoms with Gasteiger partial charge in [-0.05, 0) is 0 Å². The van der Waals surface area contributed by atoms with Gasteiger partial charge in [0.15, 0.2) is 5.88 Å². The van der Waals surface area contributed by atoms with E-state index in [4.69, 9.17) is 15.2 Å². The van der Waals surface area contributed by atoms with Gasteiger partial charge in [0.25, 0.3) is 5.56 Å². The Hall–Kier alpha value is -1.27. The lowest BCUT2D eigenvalue weighted by atomic mass is 9.81. The Morgan fingerprint density at radius 1 is 1.36 bits per heavy atom. The topological polar surface area (TPSA) is 93.6 Å². The Morgan fingerprint density at radius 2 is 2.00 bits per heavy atom. The van der Waals surface area contributed by atoms with E-state index in [1.165, 1.54) is 0 Å². The van der Waals surface area contributed by atoms with Crippen LogP contribution in [0.2, 0.25) is 0 Å². The number of aromatic hydroxyl groups is 1. The van der Waals surface area contributed by atoms with Gasteiger partial charge in [-0.25, -0.2) is 0 Å². The van der Waals surface area contributed by atoms with Crippen LogP contribution in [0.1, 0.15) is 0 Å². The van der Waals surface area contributed by atoms with Crippen LogP contribution in [-0.4, -0.2) is 27.3 Å². The van der Waals surface area contributed by atoms with Gasteiger partial charge in [-0.15, -0.1) is 0 Å². The zero-order valence-electron chi connectivity index (χ0n) is 5.48. The van der Waals surface area contributed by atoms with E-state index >= 15 is 0 Å². The van der Waals surface area contributed by atoms with Gasteiger partial charge in [-0.2, -0.15) is 0 Å². The fraction of sp³-hybridized carbons (Fsp3) is 0. The molecule has 0 radical (unpaired) electrons. The molecule has 1 rings (SSSR count). The predicted octanol–water partition coefficient (Wildman–Crippen LogP) is -2.24. The van der Waals surface area contributed by atoms with Crippen molar-refractivity contribution in [2.45, 2.75) is 0 Å². The lowest BCUT2D eigenvalue weighted by Gasteiger charge is -1.99. The minimum atomic E-state index is -1.77. The van der Waals surface area contributed by atoms with E-state index in [1.54, 1.807) is 0 Å². The molecule has 1 aromatic rings. The molecule has 0 saturated heterocycles. The lowest BCUT2D eigenvalue weighted by molar-refractivity contribution is 0.415. The second-order valence-electron chi connectivity index (χ2n) is 2.00. The Morgan fingerprint density at radius 3 is 2.45 bits per heavy atom. The van der Waals surface area contributed by atoms with Gasteiger partial charge in [-0.3, -0.25) is 9.78 Å². The summed E-state index contributed by atoms with van der Waals surface area (Å²) in [5.41, 5.74) is -0.614. The van der Waals surface area contributed by atoms with Gasteiger partial charge < -0.3 is 15.2 Å². The first-order valence-corrected chi connectivity index (χ1v) is 2.89. The number of rotatable bonds is 1. The van der Waals surface area contributed by atoms with Crippen molar-refractivity contribution in [2.75, 3.05) is 0 Å². The number of pyridine rings is 1. The van der Waals surface area contributed by atoms with Crippen molar-refractivity contribution in [3.8, 4) is 5.88 Å². The molecule has 0 amide bonds. The second kappa shape index (κ2) is 2.77. The largest absolute Gasteiger partial charge is 0.495 e. The normalized spacial score (nSPS) is 9.64. The molecular weight excluding hydrogens is 149 g/mol. The summed E-state index contributed by atoms with van der Waals surface area (Å²) in [6, 6.07) is 2.23. The minimum absolute atomic E-state index is 0.121. The molecule has 0 fully saturated rings. The molecule has 0 aliphatic heterocycles. The highest BCUT2D eigenvalue weighted by Gasteiger charge is 2.15. The fourth-order valence-corrected chi connectivity index (χ4v) is 0.683. The van der Waals surface area contributed by atoms with Gasteiger partial charge in [-0.1, -0.05) is 6.07 Å². The smallest absolute Gasteiger partial charge is 0.493 e. The molecule has 1 aromatic heterocycles. The summed E-state index contributed by atoms with van der Waals surface area (Å²) in [5.74, 6) is -0.521. The quantitative estimate of drug-likeness (QED) is 0.345. The van der Waals surface area contributed by atoms with E-state index in [-0.39, 0.29) is 5.46 Å². The molecule has 1 heterocycles. The van der Waals surface area contributed by atoms with E-state index in [1.807, 2.05) is 4.98 Å². The Bertz CT molecular complexity index is 308. The zero-order chi connectivity index (χ0) is 8.43. The standard InChI is InChI=1S/C5H6BNO4/c8-4-2-1-3(6(10)11)5(9)7-4/h1-2,10-11H,(H2,7,8,9). The Kier molecular flexibility index (Phi) is 1.97. The van der Waals surface area contributed by atoms with Crippen LogP contribution in [0.4, 0.5) is 0 Å². The van der Waals surface area contributed by atoms with Crippen molar-refractivity contribution in [3.05, 3.63) is 22.5 Å². The third kappa shape index (κ3) is 1.60. The average molecular weight is 155 g/mol. The van der Waals surface area contributed by atoms with Crippen molar-refractivity contribution >= 4 is 12.6 Å². The summed E-state index contributed by atoms with van der Waals surface area (Å²) >= 11 is 0. The molecule has 58 valence electrons. The van der Waals surface area contributed by atoms with E-state index in [2.05, 4.69) is 0 Å². The highest BCUT2D eigenvalue weighted by molar-refractivity contribution is 6.59. The van der Waals surface area contributed by atoms with E-state index in [0.29, 0.717) is 0 Å². The van der Waals surface area contributed by atoms with Gasteiger partial charge in [0.2, 0.25) is 0 Å². The van der Waals surface area contributed by atoms with Gasteiger partial charge in [0, 0.05) is 11.5 Å². The van der Waals surface area contributed by atoms with E-state index in [9.17, 15) is 4.79 Å². The first kappa shape index (κ1) is 7.84. The van der Waals surface area contributed by atoms with Crippen molar-refractivity contribution in [1.29, 1.82) is 0 Å². The van der Waals surface area contributed by atoms with Crippen LogP contribution in [0.3, 0.4) is 0 Å². The molecular formula is C5H6BNO4. The maximum atomic E-state index is 10.5. The van der Waals surface area contributed by atoms with Crippen molar-refractivity contribution in [1.82, 2.24) is 4.98 Å². The fourth-order valence-electron chi connectivity index (χ4n) is 0.683. The zero-order valence-corrected chi connectivity index (χ0v) is 5.48. The number of hydrogen-bond acceptors (Lipinski definition) is 4. The lowest BCUT2D eigenvalue weighted by Crippen LogP contribution is -2.32. The summed E-state index contributed by atoms with van der Waals surface area (Å²) in [4.78, 5) is 12.5. The number of H-pyrrole nitrogens is 1. The van der Waals surface area contributed by atoms with Crippen LogP contribution >= 0.6 is 0 Å². The molecule has 0 spiro atoms. The molecule has 5 nitrogen and oxygen atoms in total. The van der Waals surface area contributed by atoms with Crippen LogP contribution in [0.15, 0.2) is 16.9 Å². The third-order valence-electron chi connectivity index (χ3n) is 1.21. The molecule has 0 saturated carbocycles. The summed E-state index contributed by atoms with van der Waals surface area (Å²) in [7, 11) is -1.77. The minimum Gasteiger partial charge on any atom is -0.495 e. The molecule has 4 N–H and O–H groups in total. The van der Waals surface area contributed by atoms with Crippen molar-refractivity contribution in [2.24, 2.45) is 0 Å². The van der Waals surface area contributed by atoms with Crippen LogP contribution < -0.4 is 11.0 Å². The molecule has 0 aliphatic carbocycles. The number of aromatic amines is 1. The summed E-state index contributed by atoms with van der Waals surface area (Å²) in [6.07, 6.45) is 0. The molecule has 0 aliphatic rings. The van der Waals surface area contributed by atoms with Crippen LogP contribution in [0.5, 0.6) is 5.88 Å². The number of hydrogen-bond donors (Lipinski definition) is 4. The average Bonchev–Trinajstić information content (AvgIpc) is 1.85. The first-order chi connectivity index (χ1) is 5.11. The van der Waals surface area contributed by atoms with Gasteiger partial charge in [0.05, 0.1) is 0 Å². The SMILES string of the molecule is O=c1ccc(B(O)O)c(O)[nH]1. The number of aromatic nitrogens is 1. The number of nitrogens with one attached hydrogen (secondary N) is 1. The molecule has 11 heavy (non-hydrogen) atoms. The van der Waals surface area contributed by atoms with Crippen LogP contribution in [-0.2, 0) is 0 Å². The van der Waals surface area contributed by atoms with Crippen molar-refractivity contribution < 1.29 is 15.2 Å².